The fourth-order valence-corrected chi connectivity index (χ4v) is 2.92. The van der Waals surface area contributed by atoms with Crippen molar-refractivity contribution < 1.29 is 14.1 Å². The summed E-state index contributed by atoms with van der Waals surface area (Å²) in [5.74, 6) is 0.893. The molecule has 0 aliphatic carbocycles. The minimum absolute atomic E-state index is 0.00605. The van der Waals surface area contributed by atoms with Gasteiger partial charge in [0.05, 0.1) is 24.7 Å². The third-order valence-corrected chi connectivity index (χ3v) is 4.45. The number of carbonyl (C=O) groups is 2. The molecule has 9 heteroatoms. The van der Waals surface area contributed by atoms with E-state index in [0.29, 0.717) is 43.3 Å². The number of hydrogen-bond acceptors (Lipinski definition) is 7. The number of anilines is 2. The lowest BCUT2D eigenvalue weighted by Crippen LogP contribution is -2.51. The summed E-state index contributed by atoms with van der Waals surface area (Å²) < 4.78 is 4.92. The van der Waals surface area contributed by atoms with Gasteiger partial charge in [0.2, 0.25) is 11.8 Å². The number of rotatable bonds is 6. The first-order chi connectivity index (χ1) is 13.5. The van der Waals surface area contributed by atoms with E-state index in [1.807, 2.05) is 4.90 Å². The largest absolute Gasteiger partial charge is 0.376 e. The van der Waals surface area contributed by atoms with Crippen molar-refractivity contribution in [3.63, 3.8) is 0 Å². The summed E-state index contributed by atoms with van der Waals surface area (Å²) in [7, 11) is 0. The minimum atomic E-state index is -0.157. The van der Waals surface area contributed by atoms with E-state index in [9.17, 15) is 9.59 Å². The molecule has 0 saturated carbocycles. The fraction of sp³-hybridized carbons (Fsp3) is 0.368. The maximum Gasteiger partial charge on any atom is 0.241 e. The van der Waals surface area contributed by atoms with Crippen molar-refractivity contribution in [1.29, 1.82) is 5.26 Å². The number of nitriles is 1. The molecule has 0 unspecified atom stereocenters. The monoisotopic (exact) mass is 382 g/mol. The van der Waals surface area contributed by atoms with Gasteiger partial charge in [-0.05, 0) is 31.2 Å². The molecule has 0 atom stereocenters. The van der Waals surface area contributed by atoms with Gasteiger partial charge in [0.15, 0.2) is 5.82 Å². The summed E-state index contributed by atoms with van der Waals surface area (Å²) in [6.07, 6.45) is 0. The van der Waals surface area contributed by atoms with Crippen LogP contribution in [-0.2, 0) is 9.59 Å². The molecule has 0 spiro atoms. The van der Waals surface area contributed by atoms with E-state index in [0.717, 1.165) is 5.69 Å². The molecule has 0 radical (unpaired) electrons. The molecule has 28 heavy (non-hydrogen) atoms. The van der Waals surface area contributed by atoms with Crippen molar-refractivity contribution >= 4 is 23.3 Å². The Labute approximate surface area is 162 Å². The summed E-state index contributed by atoms with van der Waals surface area (Å²) in [4.78, 5) is 28.2. The van der Waals surface area contributed by atoms with Gasteiger partial charge in [-0.25, -0.2) is 0 Å². The lowest BCUT2D eigenvalue weighted by Gasteiger charge is -2.34. The molecule has 9 nitrogen and oxygen atoms in total. The first-order valence-corrected chi connectivity index (χ1v) is 9.01. The smallest absolute Gasteiger partial charge is 0.241 e. The lowest BCUT2D eigenvalue weighted by molar-refractivity contribution is -0.131. The van der Waals surface area contributed by atoms with E-state index >= 15 is 0 Å². The van der Waals surface area contributed by atoms with E-state index < -0.39 is 0 Å². The Bertz CT molecular complexity index is 863. The Kier molecular flexibility index (Phi) is 6.24. The highest BCUT2D eigenvalue weighted by Gasteiger charge is 2.22. The number of amides is 2. The molecule has 2 amide bonds. The van der Waals surface area contributed by atoms with Crippen LogP contribution in [0.1, 0.15) is 11.3 Å². The topological polar surface area (TPSA) is 114 Å². The van der Waals surface area contributed by atoms with Crippen LogP contribution in [0.4, 0.5) is 11.5 Å². The number of carbonyl (C=O) groups excluding carboxylic acids is 2. The van der Waals surface area contributed by atoms with Gasteiger partial charge < -0.3 is 20.1 Å². The average Bonchev–Trinajstić information content (AvgIpc) is 3.11. The van der Waals surface area contributed by atoms with Gasteiger partial charge in [-0.3, -0.25) is 14.5 Å². The zero-order chi connectivity index (χ0) is 19.9. The maximum atomic E-state index is 12.4. The van der Waals surface area contributed by atoms with E-state index in [-0.39, 0.29) is 24.9 Å². The van der Waals surface area contributed by atoms with Crippen LogP contribution in [0.15, 0.2) is 34.9 Å². The standard InChI is InChI=1S/C19H22N6O3/c1-14-10-17(23-28-14)22-18(26)13-24-6-8-25(9-7-24)19(27)12-21-16-4-2-15(11-20)3-5-16/h2-5,10,21H,6-9,12-13H2,1H3,(H,22,23,26). The number of aryl methyl sites for hydroxylation is 1. The SMILES string of the molecule is Cc1cc(NC(=O)CN2CCN(C(=O)CNc3ccc(C#N)cc3)CC2)no1. The van der Waals surface area contributed by atoms with Gasteiger partial charge >= 0.3 is 0 Å². The van der Waals surface area contributed by atoms with Crippen molar-refractivity contribution in [2.45, 2.75) is 6.92 Å². The number of nitrogens with one attached hydrogen (secondary N) is 2. The number of piperazine rings is 1. The summed E-state index contributed by atoms with van der Waals surface area (Å²) in [6.45, 7) is 4.61. The van der Waals surface area contributed by atoms with Crippen LogP contribution in [0.25, 0.3) is 0 Å². The van der Waals surface area contributed by atoms with Gasteiger partial charge in [-0.2, -0.15) is 5.26 Å². The molecular formula is C19H22N6O3. The highest BCUT2D eigenvalue weighted by Crippen LogP contribution is 2.10. The predicted octanol–water partition coefficient (Wildman–Crippen LogP) is 1.05. The van der Waals surface area contributed by atoms with Crippen molar-refractivity contribution in [3.8, 4) is 6.07 Å². The van der Waals surface area contributed by atoms with Crippen LogP contribution in [-0.4, -0.2) is 66.0 Å². The zero-order valence-corrected chi connectivity index (χ0v) is 15.6. The van der Waals surface area contributed by atoms with E-state index in [1.54, 1.807) is 42.2 Å². The molecular weight excluding hydrogens is 360 g/mol. The third kappa shape index (κ3) is 5.31. The maximum absolute atomic E-state index is 12.4. The van der Waals surface area contributed by atoms with Crippen molar-refractivity contribution in [1.82, 2.24) is 15.0 Å². The minimum Gasteiger partial charge on any atom is -0.376 e. The van der Waals surface area contributed by atoms with Crippen LogP contribution in [0.3, 0.4) is 0 Å². The summed E-state index contributed by atoms with van der Waals surface area (Å²) in [5, 5.41) is 18.3. The molecule has 1 fully saturated rings. The molecule has 146 valence electrons. The molecule has 1 aliphatic rings. The molecule has 2 N–H and O–H groups in total. The van der Waals surface area contributed by atoms with Crippen LogP contribution in [0, 0.1) is 18.3 Å². The van der Waals surface area contributed by atoms with Crippen LogP contribution >= 0.6 is 0 Å². The average molecular weight is 382 g/mol. The number of aromatic nitrogens is 1. The molecule has 1 aromatic heterocycles. The Morgan fingerprint density at radius 1 is 1.21 bits per heavy atom. The molecule has 0 bridgehead atoms. The fourth-order valence-electron chi connectivity index (χ4n) is 2.92. The highest BCUT2D eigenvalue weighted by atomic mass is 16.5. The van der Waals surface area contributed by atoms with Crippen LogP contribution in [0.5, 0.6) is 0 Å². The van der Waals surface area contributed by atoms with E-state index in [2.05, 4.69) is 21.9 Å². The Balaban J connectivity index is 1.38. The number of nitrogens with zero attached hydrogens (tertiary/aromatic N) is 4. The van der Waals surface area contributed by atoms with E-state index in [1.165, 1.54) is 0 Å². The predicted molar refractivity (Wildman–Crippen MR) is 103 cm³/mol. The molecule has 3 rings (SSSR count). The first kappa shape index (κ1) is 19.4. The van der Waals surface area contributed by atoms with Crippen LogP contribution in [0.2, 0.25) is 0 Å². The highest BCUT2D eigenvalue weighted by molar-refractivity contribution is 5.91. The number of hydrogen-bond donors (Lipinski definition) is 2. The molecule has 1 aliphatic heterocycles. The summed E-state index contributed by atoms with van der Waals surface area (Å²) >= 11 is 0. The Morgan fingerprint density at radius 3 is 2.54 bits per heavy atom. The van der Waals surface area contributed by atoms with Gasteiger partial charge in [0, 0.05) is 37.9 Å². The van der Waals surface area contributed by atoms with Crippen molar-refractivity contribution in [3.05, 3.63) is 41.7 Å². The molecule has 1 saturated heterocycles. The van der Waals surface area contributed by atoms with Crippen molar-refractivity contribution in [2.75, 3.05) is 49.9 Å². The summed E-state index contributed by atoms with van der Waals surface area (Å²) in [5.41, 5.74) is 1.38. The molecule has 2 heterocycles. The van der Waals surface area contributed by atoms with Gasteiger partial charge in [-0.15, -0.1) is 0 Å². The molecule has 1 aromatic carbocycles. The second-order valence-electron chi connectivity index (χ2n) is 6.57. The second kappa shape index (κ2) is 9.01. The van der Waals surface area contributed by atoms with Crippen LogP contribution < -0.4 is 10.6 Å². The van der Waals surface area contributed by atoms with Crippen molar-refractivity contribution in [2.24, 2.45) is 0 Å². The van der Waals surface area contributed by atoms with E-state index in [4.69, 9.17) is 9.78 Å². The Morgan fingerprint density at radius 2 is 1.93 bits per heavy atom. The third-order valence-electron chi connectivity index (χ3n) is 4.45. The summed E-state index contributed by atoms with van der Waals surface area (Å²) in [6, 6.07) is 10.7. The zero-order valence-electron chi connectivity index (χ0n) is 15.6. The van der Waals surface area contributed by atoms with Gasteiger partial charge in [0.25, 0.3) is 0 Å². The quantitative estimate of drug-likeness (QED) is 0.767. The normalized spacial score (nSPS) is 14.4. The first-order valence-electron chi connectivity index (χ1n) is 9.01. The van der Waals surface area contributed by atoms with Gasteiger partial charge in [0.1, 0.15) is 5.76 Å². The lowest BCUT2D eigenvalue weighted by atomic mass is 10.2. The molecule has 2 aromatic rings. The Hall–Kier alpha value is -3.38. The number of benzene rings is 1. The second-order valence-corrected chi connectivity index (χ2v) is 6.57. The van der Waals surface area contributed by atoms with Gasteiger partial charge in [-0.1, -0.05) is 5.16 Å².